The van der Waals surface area contributed by atoms with E-state index >= 15 is 0 Å². The zero-order valence-electron chi connectivity index (χ0n) is 18.7. The molecule has 33 heavy (non-hydrogen) atoms. The fraction of sp³-hybridized carbons (Fsp3) is 0.286. The molecular weight excluding hydrogens is 410 g/mol. The van der Waals surface area contributed by atoms with E-state index in [1.165, 1.54) is 5.56 Å². The number of nitrogens with one attached hydrogen (secondary N) is 1. The number of hydrogen-bond acceptors (Lipinski definition) is 3. The normalized spacial score (nSPS) is 18.8. The molecule has 1 unspecified atom stereocenters. The minimum Gasteiger partial charge on any atom is -0.336 e. The van der Waals surface area contributed by atoms with Gasteiger partial charge in [0.1, 0.15) is 0 Å². The number of rotatable bonds is 6. The molecule has 3 aromatic rings. The molecule has 2 fully saturated rings. The predicted molar refractivity (Wildman–Crippen MR) is 131 cm³/mol. The van der Waals surface area contributed by atoms with Gasteiger partial charge < -0.3 is 5.32 Å². The van der Waals surface area contributed by atoms with Crippen LogP contribution in [0, 0.1) is 5.92 Å². The summed E-state index contributed by atoms with van der Waals surface area (Å²) in [5.41, 5.74) is 5.23. The number of urea groups is 1. The Morgan fingerprint density at radius 1 is 0.879 bits per heavy atom. The molecule has 1 atom stereocenters. The van der Waals surface area contributed by atoms with Gasteiger partial charge in [-0.2, -0.15) is 0 Å². The van der Waals surface area contributed by atoms with Crippen molar-refractivity contribution in [1.29, 1.82) is 0 Å². The molecule has 5 nitrogen and oxygen atoms in total. The molecule has 1 N–H and O–H groups in total. The SMILES string of the molecule is O=C(c1ccc(-c2ccccc2)cc1)C1CCCN(Cc2ccc(N3CCNC3=O)cc2)C1. The number of benzene rings is 3. The standard InChI is InChI=1S/C28H29N3O2/c32-27(24-12-10-23(11-13-24)22-5-2-1-3-6-22)25-7-4-17-30(20-25)19-21-8-14-26(15-9-21)31-18-16-29-28(31)33/h1-3,5-6,8-15,25H,4,7,16-20H2,(H,29,33). The first-order valence-electron chi connectivity index (χ1n) is 11.7. The third-order valence-corrected chi connectivity index (χ3v) is 6.66. The van der Waals surface area contributed by atoms with Crippen LogP contribution < -0.4 is 10.2 Å². The highest BCUT2D eigenvalue weighted by atomic mass is 16.2. The Morgan fingerprint density at radius 3 is 2.30 bits per heavy atom. The van der Waals surface area contributed by atoms with Gasteiger partial charge in [-0.05, 0) is 48.2 Å². The summed E-state index contributed by atoms with van der Waals surface area (Å²) in [7, 11) is 0. The maximum Gasteiger partial charge on any atom is 0.321 e. The second-order valence-corrected chi connectivity index (χ2v) is 8.93. The number of amides is 2. The van der Waals surface area contributed by atoms with E-state index in [1.54, 1.807) is 4.90 Å². The zero-order chi connectivity index (χ0) is 22.6. The van der Waals surface area contributed by atoms with Crippen LogP contribution in [0.15, 0.2) is 78.9 Å². The molecule has 2 aliphatic rings. The molecule has 2 saturated heterocycles. The lowest BCUT2D eigenvalue weighted by Gasteiger charge is -2.32. The van der Waals surface area contributed by atoms with Crippen LogP contribution >= 0.6 is 0 Å². The van der Waals surface area contributed by atoms with Crippen LogP contribution in [0.5, 0.6) is 0 Å². The van der Waals surface area contributed by atoms with E-state index < -0.39 is 0 Å². The monoisotopic (exact) mass is 439 g/mol. The Balaban J connectivity index is 1.20. The largest absolute Gasteiger partial charge is 0.336 e. The first kappa shape index (κ1) is 21.4. The van der Waals surface area contributed by atoms with Crippen LogP contribution in [0.4, 0.5) is 10.5 Å². The van der Waals surface area contributed by atoms with Gasteiger partial charge in [-0.1, -0.05) is 66.7 Å². The van der Waals surface area contributed by atoms with Gasteiger partial charge in [0.25, 0.3) is 0 Å². The lowest BCUT2D eigenvalue weighted by atomic mass is 9.89. The second kappa shape index (κ2) is 9.59. The van der Waals surface area contributed by atoms with Gasteiger partial charge in [-0.3, -0.25) is 14.6 Å². The Morgan fingerprint density at radius 2 is 1.61 bits per heavy atom. The van der Waals surface area contributed by atoms with E-state index in [4.69, 9.17) is 0 Å². The first-order valence-corrected chi connectivity index (χ1v) is 11.7. The number of nitrogens with zero attached hydrogens (tertiary/aromatic N) is 2. The van der Waals surface area contributed by atoms with Crippen molar-refractivity contribution < 1.29 is 9.59 Å². The van der Waals surface area contributed by atoms with Crippen molar-refractivity contribution in [3.8, 4) is 11.1 Å². The molecule has 0 aliphatic carbocycles. The Bertz CT molecular complexity index is 1110. The molecule has 2 amide bonds. The average molecular weight is 440 g/mol. The quantitative estimate of drug-likeness (QED) is 0.551. The molecule has 5 rings (SSSR count). The number of carbonyl (C=O) groups excluding carboxylic acids is 2. The van der Waals surface area contributed by atoms with E-state index in [-0.39, 0.29) is 17.7 Å². The molecule has 0 radical (unpaired) electrons. The summed E-state index contributed by atoms with van der Waals surface area (Å²) in [4.78, 5) is 29.2. The van der Waals surface area contributed by atoms with Crippen LogP contribution in [0.25, 0.3) is 11.1 Å². The zero-order valence-corrected chi connectivity index (χ0v) is 18.7. The molecule has 3 aromatic carbocycles. The molecular formula is C28H29N3O2. The Hall–Kier alpha value is -3.44. The predicted octanol–water partition coefficient (Wildman–Crippen LogP) is 4.98. The van der Waals surface area contributed by atoms with Gasteiger partial charge in [0.15, 0.2) is 5.78 Å². The first-order chi connectivity index (χ1) is 16.2. The van der Waals surface area contributed by atoms with Crippen molar-refractivity contribution in [2.75, 3.05) is 31.1 Å². The van der Waals surface area contributed by atoms with Gasteiger partial charge in [0, 0.05) is 43.3 Å². The summed E-state index contributed by atoms with van der Waals surface area (Å²) in [6.45, 7) is 4.02. The molecule has 168 valence electrons. The van der Waals surface area contributed by atoms with Crippen LogP contribution in [-0.4, -0.2) is 42.9 Å². The van der Waals surface area contributed by atoms with Crippen LogP contribution in [-0.2, 0) is 6.54 Å². The minimum absolute atomic E-state index is 0.0306. The van der Waals surface area contributed by atoms with E-state index in [9.17, 15) is 9.59 Å². The summed E-state index contributed by atoms with van der Waals surface area (Å²) in [5.74, 6) is 0.281. The summed E-state index contributed by atoms with van der Waals surface area (Å²) >= 11 is 0. The maximum absolute atomic E-state index is 13.2. The van der Waals surface area contributed by atoms with Crippen molar-refractivity contribution >= 4 is 17.5 Å². The van der Waals surface area contributed by atoms with Gasteiger partial charge in [-0.25, -0.2) is 4.79 Å². The number of carbonyl (C=O) groups is 2. The summed E-state index contributed by atoms with van der Waals surface area (Å²) in [5, 5.41) is 2.84. The highest BCUT2D eigenvalue weighted by molar-refractivity contribution is 5.98. The highest BCUT2D eigenvalue weighted by Gasteiger charge is 2.27. The van der Waals surface area contributed by atoms with Crippen molar-refractivity contribution in [3.63, 3.8) is 0 Å². The van der Waals surface area contributed by atoms with Gasteiger partial charge in [-0.15, -0.1) is 0 Å². The smallest absolute Gasteiger partial charge is 0.321 e. The molecule has 2 heterocycles. The molecule has 0 aromatic heterocycles. The number of hydrogen-bond donors (Lipinski definition) is 1. The van der Waals surface area contributed by atoms with Crippen LogP contribution in [0.1, 0.15) is 28.8 Å². The second-order valence-electron chi connectivity index (χ2n) is 8.93. The lowest BCUT2D eigenvalue weighted by molar-refractivity contribution is 0.0811. The average Bonchev–Trinajstić information content (AvgIpc) is 3.31. The maximum atomic E-state index is 13.2. The van der Waals surface area contributed by atoms with Crippen molar-refractivity contribution in [1.82, 2.24) is 10.2 Å². The highest BCUT2D eigenvalue weighted by Crippen LogP contribution is 2.25. The molecule has 5 heteroatoms. The third kappa shape index (κ3) is 4.83. The Labute approximate surface area is 195 Å². The summed E-state index contributed by atoms with van der Waals surface area (Å²) in [6.07, 6.45) is 1.98. The fourth-order valence-corrected chi connectivity index (χ4v) is 4.86. The minimum atomic E-state index is -0.0306. The fourth-order valence-electron chi connectivity index (χ4n) is 4.86. The van der Waals surface area contributed by atoms with Crippen LogP contribution in [0.3, 0.4) is 0 Å². The summed E-state index contributed by atoms with van der Waals surface area (Å²) < 4.78 is 0. The Kier molecular flexibility index (Phi) is 6.22. The molecule has 2 aliphatic heterocycles. The topological polar surface area (TPSA) is 52.7 Å². The van der Waals surface area contributed by atoms with Crippen molar-refractivity contribution in [3.05, 3.63) is 90.0 Å². The van der Waals surface area contributed by atoms with Gasteiger partial charge >= 0.3 is 6.03 Å². The van der Waals surface area contributed by atoms with E-state index in [0.717, 1.165) is 54.9 Å². The van der Waals surface area contributed by atoms with Gasteiger partial charge in [0.2, 0.25) is 0 Å². The van der Waals surface area contributed by atoms with Crippen molar-refractivity contribution in [2.45, 2.75) is 19.4 Å². The third-order valence-electron chi connectivity index (χ3n) is 6.66. The molecule has 0 saturated carbocycles. The van der Waals surface area contributed by atoms with Crippen LogP contribution in [0.2, 0.25) is 0 Å². The number of piperidine rings is 1. The van der Waals surface area contributed by atoms with Crippen molar-refractivity contribution in [2.24, 2.45) is 5.92 Å². The number of ketones is 1. The lowest BCUT2D eigenvalue weighted by Crippen LogP contribution is -2.38. The summed E-state index contributed by atoms with van der Waals surface area (Å²) in [6, 6.07) is 26.5. The van der Waals surface area contributed by atoms with E-state index in [2.05, 4.69) is 34.5 Å². The molecule has 0 bridgehead atoms. The van der Waals surface area contributed by atoms with E-state index in [0.29, 0.717) is 13.1 Å². The number of likely N-dealkylation sites (tertiary alicyclic amines) is 1. The number of Topliss-reactive ketones (excluding diaryl/α,β-unsaturated/α-hetero) is 1. The van der Waals surface area contributed by atoms with E-state index in [1.807, 2.05) is 54.6 Å². The van der Waals surface area contributed by atoms with Gasteiger partial charge in [0.05, 0.1) is 0 Å². The number of anilines is 1. The molecule has 0 spiro atoms.